The number of nitrogens with one attached hydrogen (secondary N) is 2. The molecule has 0 radical (unpaired) electrons. The highest BCUT2D eigenvalue weighted by Gasteiger charge is 2.04. The summed E-state index contributed by atoms with van der Waals surface area (Å²) >= 11 is 0. The molecule has 2 rings (SSSR count). The Morgan fingerprint density at radius 3 is 2.78 bits per heavy atom. The molecule has 5 heteroatoms. The van der Waals surface area contributed by atoms with Crippen molar-refractivity contribution >= 4 is 5.95 Å². The number of rotatable bonds is 4. The summed E-state index contributed by atoms with van der Waals surface area (Å²) in [5.74, 6) is 0.363. The van der Waals surface area contributed by atoms with Gasteiger partial charge in [-0.3, -0.25) is 9.78 Å². The van der Waals surface area contributed by atoms with Crippen LogP contribution in [0.1, 0.15) is 6.92 Å². The van der Waals surface area contributed by atoms with E-state index in [-0.39, 0.29) is 5.56 Å². The highest BCUT2D eigenvalue weighted by Crippen LogP contribution is 2.15. The monoisotopic (exact) mass is 245 g/mol. The maximum absolute atomic E-state index is 11.5. The van der Waals surface area contributed by atoms with Crippen molar-refractivity contribution in [1.29, 1.82) is 0 Å². The number of aliphatic hydroxyl groups excluding tert-OH is 1. The van der Waals surface area contributed by atoms with E-state index in [1.54, 1.807) is 6.92 Å². The molecule has 18 heavy (non-hydrogen) atoms. The van der Waals surface area contributed by atoms with Gasteiger partial charge in [-0.2, -0.15) is 0 Å². The largest absolute Gasteiger partial charge is 0.392 e. The van der Waals surface area contributed by atoms with Crippen molar-refractivity contribution in [3.63, 3.8) is 0 Å². The lowest BCUT2D eigenvalue weighted by Crippen LogP contribution is -2.19. The van der Waals surface area contributed by atoms with Gasteiger partial charge in [-0.1, -0.05) is 30.3 Å². The van der Waals surface area contributed by atoms with Gasteiger partial charge in [0, 0.05) is 18.2 Å². The third-order valence-electron chi connectivity index (χ3n) is 2.38. The molecule has 0 amide bonds. The van der Waals surface area contributed by atoms with Crippen LogP contribution >= 0.6 is 0 Å². The predicted molar refractivity (Wildman–Crippen MR) is 70.5 cm³/mol. The third kappa shape index (κ3) is 3.18. The minimum absolute atomic E-state index is 0.225. The Balaban J connectivity index is 2.30. The number of aromatic nitrogens is 2. The van der Waals surface area contributed by atoms with Crippen LogP contribution in [0.3, 0.4) is 0 Å². The van der Waals surface area contributed by atoms with Crippen molar-refractivity contribution in [2.75, 3.05) is 11.9 Å². The molecule has 5 nitrogen and oxygen atoms in total. The molecule has 94 valence electrons. The first kappa shape index (κ1) is 12.3. The van der Waals surface area contributed by atoms with Gasteiger partial charge in [0.2, 0.25) is 5.95 Å². The maximum atomic E-state index is 11.5. The van der Waals surface area contributed by atoms with Crippen LogP contribution in [0.4, 0.5) is 5.95 Å². The van der Waals surface area contributed by atoms with Crippen molar-refractivity contribution in [2.24, 2.45) is 0 Å². The van der Waals surface area contributed by atoms with Crippen LogP contribution in [-0.4, -0.2) is 27.7 Å². The Kier molecular flexibility index (Phi) is 3.74. The summed E-state index contributed by atoms with van der Waals surface area (Å²) in [5.41, 5.74) is 1.26. The van der Waals surface area contributed by atoms with Gasteiger partial charge in [0.05, 0.1) is 11.8 Å². The summed E-state index contributed by atoms with van der Waals surface area (Å²) in [7, 11) is 0. The fourth-order valence-electron chi connectivity index (χ4n) is 1.54. The average molecular weight is 245 g/mol. The molecule has 0 aliphatic rings. The molecule has 1 heterocycles. The van der Waals surface area contributed by atoms with E-state index >= 15 is 0 Å². The van der Waals surface area contributed by atoms with Crippen LogP contribution in [-0.2, 0) is 0 Å². The summed E-state index contributed by atoms with van der Waals surface area (Å²) in [4.78, 5) is 18.4. The van der Waals surface area contributed by atoms with E-state index in [0.717, 1.165) is 5.56 Å². The van der Waals surface area contributed by atoms with Crippen LogP contribution in [0.25, 0.3) is 11.3 Å². The SMILES string of the molecule is CC(O)CNc1nc(-c2ccccc2)cc(=O)[nH]1. The lowest BCUT2D eigenvalue weighted by atomic mass is 10.1. The smallest absolute Gasteiger partial charge is 0.252 e. The second-order valence-electron chi connectivity index (χ2n) is 4.08. The molecule has 1 aromatic carbocycles. The summed E-state index contributed by atoms with van der Waals surface area (Å²) in [5, 5.41) is 12.1. The number of aromatic amines is 1. The normalized spacial score (nSPS) is 12.1. The second kappa shape index (κ2) is 5.46. The Hall–Kier alpha value is -2.14. The van der Waals surface area contributed by atoms with Gasteiger partial charge < -0.3 is 10.4 Å². The molecule has 0 spiro atoms. The molecule has 1 aromatic heterocycles. The molecular formula is C13H15N3O2. The third-order valence-corrected chi connectivity index (χ3v) is 2.38. The molecule has 2 aromatic rings. The molecule has 1 atom stereocenters. The number of nitrogens with zero attached hydrogens (tertiary/aromatic N) is 1. The van der Waals surface area contributed by atoms with Gasteiger partial charge in [-0.15, -0.1) is 0 Å². The average Bonchev–Trinajstić information content (AvgIpc) is 2.37. The van der Waals surface area contributed by atoms with Gasteiger partial charge in [0.1, 0.15) is 0 Å². The predicted octanol–water partition coefficient (Wildman–Crippen LogP) is 1.23. The van der Waals surface area contributed by atoms with Crippen LogP contribution in [0, 0.1) is 0 Å². The van der Waals surface area contributed by atoms with Gasteiger partial charge >= 0.3 is 0 Å². The molecule has 0 aliphatic carbocycles. The zero-order valence-electron chi connectivity index (χ0n) is 10.1. The van der Waals surface area contributed by atoms with Crippen LogP contribution in [0.5, 0.6) is 0 Å². The molecule has 1 unspecified atom stereocenters. The Bertz CT molecular complexity index is 564. The minimum atomic E-state index is -0.504. The first-order chi connectivity index (χ1) is 8.65. The van der Waals surface area contributed by atoms with E-state index < -0.39 is 6.10 Å². The molecule has 0 saturated heterocycles. The second-order valence-corrected chi connectivity index (χ2v) is 4.08. The molecule has 0 bridgehead atoms. The van der Waals surface area contributed by atoms with Crippen LogP contribution in [0.15, 0.2) is 41.2 Å². The van der Waals surface area contributed by atoms with Crippen molar-refractivity contribution < 1.29 is 5.11 Å². The standard InChI is InChI=1S/C13H15N3O2/c1-9(17)8-14-13-15-11(7-12(18)16-13)10-5-3-2-4-6-10/h2-7,9,17H,8H2,1H3,(H2,14,15,16,18). The summed E-state index contributed by atoms with van der Waals surface area (Å²) in [6.45, 7) is 1.99. The number of hydrogen-bond acceptors (Lipinski definition) is 4. The topological polar surface area (TPSA) is 78.0 Å². The van der Waals surface area contributed by atoms with E-state index in [9.17, 15) is 9.90 Å². The van der Waals surface area contributed by atoms with Gasteiger partial charge in [0.15, 0.2) is 0 Å². The molecule has 0 fully saturated rings. The number of H-pyrrole nitrogens is 1. The highest BCUT2D eigenvalue weighted by atomic mass is 16.3. The summed E-state index contributed by atoms with van der Waals surface area (Å²) in [6, 6.07) is 10.9. The Morgan fingerprint density at radius 2 is 2.11 bits per heavy atom. The van der Waals surface area contributed by atoms with Gasteiger partial charge in [-0.25, -0.2) is 4.98 Å². The Morgan fingerprint density at radius 1 is 1.39 bits per heavy atom. The maximum Gasteiger partial charge on any atom is 0.252 e. The first-order valence-electron chi connectivity index (χ1n) is 5.74. The number of benzene rings is 1. The zero-order chi connectivity index (χ0) is 13.0. The number of hydrogen-bond donors (Lipinski definition) is 3. The van der Waals surface area contributed by atoms with Gasteiger partial charge in [0.25, 0.3) is 5.56 Å². The lowest BCUT2D eigenvalue weighted by molar-refractivity contribution is 0.208. The highest BCUT2D eigenvalue weighted by molar-refractivity contribution is 5.59. The quantitative estimate of drug-likeness (QED) is 0.757. The van der Waals surface area contributed by atoms with E-state index in [0.29, 0.717) is 18.2 Å². The molecular weight excluding hydrogens is 230 g/mol. The Labute approximate surface area is 105 Å². The fraction of sp³-hybridized carbons (Fsp3) is 0.231. The van der Waals surface area contributed by atoms with Crippen molar-refractivity contribution in [1.82, 2.24) is 9.97 Å². The van der Waals surface area contributed by atoms with Crippen molar-refractivity contribution in [3.8, 4) is 11.3 Å². The van der Waals surface area contributed by atoms with Crippen molar-refractivity contribution in [3.05, 3.63) is 46.8 Å². The van der Waals surface area contributed by atoms with E-state index in [1.807, 2.05) is 30.3 Å². The van der Waals surface area contributed by atoms with Crippen molar-refractivity contribution in [2.45, 2.75) is 13.0 Å². The van der Waals surface area contributed by atoms with E-state index in [1.165, 1.54) is 6.07 Å². The number of aliphatic hydroxyl groups is 1. The molecule has 0 aliphatic heterocycles. The minimum Gasteiger partial charge on any atom is -0.392 e. The molecule has 0 saturated carbocycles. The van der Waals surface area contributed by atoms with Crippen LogP contribution in [0.2, 0.25) is 0 Å². The summed E-state index contributed by atoms with van der Waals surface area (Å²) < 4.78 is 0. The lowest BCUT2D eigenvalue weighted by Gasteiger charge is -2.08. The van der Waals surface area contributed by atoms with E-state index in [4.69, 9.17) is 0 Å². The van der Waals surface area contributed by atoms with Gasteiger partial charge in [-0.05, 0) is 6.92 Å². The zero-order valence-corrected chi connectivity index (χ0v) is 10.1. The first-order valence-corrected chi connectivity index (χ1v) is 5.74. The molecule has 3 N–H and O–H groups in total. The fourth-order valence-corrected chi connectivity index (χ4v) is 1.54. The number of anilines is 1. The van der Waals surface area contributed by atoms with Crippen LogP contribution < -0.4 is 10.9 Å². The van der Waals surface area contributed by atoms with E-state index in [2.05, 4.69) is 15.3 Å². The summed E-state index contributed by atoms with van der Waals surface area (Å²) in [6.07, 6.45) is -0.504.